The first-order chi connectivity index (χ1) is 9.07. The summed E-state index contributed by atoms with van der Waals surface area (Å²) in [7, 11) is 0. The van der Waals surface area contributed by atoms with E-state index in [4.69, 9.17) is 0 Å². The molecule has 1 N–H and O–H groups in total. The zero-order valence-electron chi connectivity index (χ0n) is 12.3. The minimum absolute atomic E-state index is 0.253. The summed E-state index contributed by atoms with van der Waals surface area (Å²) >= 11 is 0. The Morgan fingerprint density at radius 1 is 1.32 bits per heavy atom. The Morgan fingerprint density at radius 3 is 2.47 bits per heavy atom. The van der Waals surface area contributed by atoms with Crippen LogP contribution in [0.5, 0.6) is 0 Å². The van der Waals surface area contributed by atoms with Gasteiger partial charge in [-0.2, -0.15) is 0 Å². The van der Waals surface area contributed by atoms with Crippen molar-refractivity contribution in [1.82, 2.24) is 5.32 Å². The zero-order valence-corrected chi connectivity index (χ0v) is 12.3. The number of hydrogen-bond donors (Lipinski definition) is 1. The van der Waals surface area contributed by atoms with E-state index in [2.05, 4.69) is 50.4 Å². The van der Waals surface area contributed by atoms with E-state index in [-0.39, 0.29) is 5.54 Å². The molecule has 104 valence electrons. The molecule has 0 amide bonds. The number of benzene rings is 1. The maximum absolute atomic E-state index is 12.5. The molecule has 1 atom stereocenters. The molecule has 0 saturated carbocycles. The summed E-state index contributed by atoms with van der Waals surface area (Å²) in [5, 5.41) is 3.42. The molecule has 1 heterocycles. The standard InChI is InChI=1S/C17H25NO/c1-4-17(10-5-11-18-17)16(19)12-14-6-8-15(9-7-14)13(2)3/h6-9,13,18H,4-5,10-12H2,1-3H3. The quantitative estimate of drug-likeness (QED) is 0.877. The molecule has 2 heteroatoms. The Hall–Kier alpha value is -1.15. The van der Waals surface area contributed by atoms with Crippen molar-refractivity contribution in [3.63, 3.8) is 0 Å². The highest BCUT2D eigenvalue weighted by molar-refractivity contribution is 5.90. The lowest BCUT2D eigenvalue weighted by Crippen LogP contribution is -2.47. The third kappa shape index (κ3) is 3.06. The molecule has 1 aliphatic heterocycles. The van der Waals surface area contributed by atoms with Gasteiger partial charge in [-0.3, -0.25) is 4.79 Å². The molecule has 1 aromatic rings. The van der Waals surface area contributed by atoms with Gasteiger partial charge in [0.05, 0.1) is 5.54 Å². The third-order valence-electron chi connectivity index (χ3n) is 4.39. The average Bonchev–Trinajstić information content (AvgIpc) is 2.89. The summed E-state index contributed by atoms with van der Waals surface area (Å²) in [6.07, 6.45) is 3.56. The number of carbonyl (C=O) groups excluding carboxylic acids is 1. The molecular weight excluding hydrogens is 234 g/mol. The van der Waals surface area contributed by atoms with Crippen LogP contribution in [0.4, 0.5) is 0 Å². The molecule has 19 heavy (non-hydrogen) atoms. The van der Waals surface area contributed by atoms with E-state index in [1.54, 1.807) is 0 Å². The molecule has 1 aliphatic rings. The van der Waals surface area contributed by atoms with Gasteiger partial charge in [0.15, 0.2) is 5.78 Å². The van der Waals surface area contributed by atoms with Gasteiger partial charge in [0.2, 0.25) is 0 Å². The van der Waals surface area contributed by atoms with E-state index in [0.29, 0.717) is 18.1 Å². The minimum Gasteiger partial charge on any atom is -0.305 e. The van der Waals surface area contributed by atoms with Crippen LogP contribution < -0.4 is 5.32 Å². The van der Waals surface area contributed by atoms with Gasteiger partial charge in [0, 0.05) is 6.42 Å². The number of hydrogen-bond acceptors (Lipinski definition) is 2. The molecule has 0 radical (unpaired) electrons. The fourth-order valence-electron chi connectivity index (χ4n) is 2.92. The van der Waals surface area contributed by atoms with Crippen LogP contribution in [0, 0.1) is 0 Å². The van der Waals surface area contributed by atoms with Crippen molar-refractivity contribution in [2.45, 2.75) is 57.9 Å². The number of rotatable bonds is 5. The highest BCUT2D eigenvalue weighted by Crippen LogP contribution is 2.26. The summed E-state index contributed by atoms with van der Waals surface area (Å²) in [5.74, 6) is 0.896. The van der Waals surface area contributed by atoms with Crippen molar-refractivity contribution < 1.29 is 4.79 Å². The van der Waals surface area contributed by atoms with Crippen molar-refractivity contribution in [2.75, 3.05) is 6.54 Å². The van der Waals surface area contributed by atoms with Crippen LogP contribution in [0.25, 0.3) is 0 Å². The van der Waals surface area contributed by atoms with Crippen LogP contribution in [0.1, 0.15) is 57.1 Å². The van der Waals surface area contributed by atoms with Crippen LogP contribution in [0.15, 0.2) is 24.3 Å². The second-order valence-corrected chi connectivity index (χ2v) is 5.96. The lowest BCUT2D eigenvalue weighted by atomic mass is 9.85. The van der Waals surface area contributed by atoms with Crippen molar-refractivity contribution in [2.24, 2.45) is 0 Å². The molecule has 1 saturated heterocycles. The molecule has 0 bridgehead atoms. The predicted molar refractivity (Wildman–Crippen MR) is 79.5 cm³/mol. The van der Waals surface area contributed by atoms with Crippen LogP contribution in [0.2, 0.25) is 0 Å². The molecule has 1 unspecified atom stereocenters. The van der Waals surface area contributed by atoms with Gasteiger partial charge < -0.3 is 5.32 Å². The molecule has 0 aliphatic carbocycles. The van der Waals surface area contributed by atoms with Crippen molar-refractivity contribution in [3.05, 3.63) is 35.4 Å². The van der Waals surface area contributed by atoms with Crippen LogP contribution in [-0.4, -0.2) is 17.9 Å². The van der Waals surface area contributed by atoms with Crippen molar-refractivity contribution >= 4 is 5.78 Å². The van der Waals surface area contributed by atoms with E-state index in [1.165, 1.54) is 5.56 Å². The summed E-state index contributed by atoms with van der Waals surface area (Å²) in [5.41, 5.74) is 2.22. The number of ketones is 1. The summed E-state index contributed by atoms with van der Waals surface area (Å²) in [4.78, 5) is 12.5. The highest BCUT2D eigenvalue weighted by atomic mass is 16.1. The Labute approximate surface area is 116 Å². The SMILES string of the molecule is CCC1(C(=O)Cc2ccc(C(C)C)cc2)CCCN1. The number of carbonyl (C=O) groups is 1. The van der Waals surface area contributed by atoms with E-state index >= 15 is 0 Å². The maximum Gasteiger partial charge on any atom is 0.157 e. The smallest absolute Gasteiger partial charge is 0.157 e. The van der Waals surface area contributed by atoms with Gasteiger partial charge in [-0.05, 0) is 42.9 Å². The van der Waals surface area contributed by atoms with E-state index in [0.717, 1.165) is 31.4 Å². The Bertz CT molecular complexity index is 427. The number of Topliss-reactive ketones (excluding diaryl/α,β-unsaturated/α-hetero) is 1. The third-order valence-corrected chi connectivity index (χ3v) is 4.39. The van der Waals surface area contributed by atoms with Crippen LogP contribution in [-0.2, 0) is 11.2 Å². The molecule has 1 fully saturated rings. The molecule has 0 aromatic heterocycles. The minimum atomic E-state index is -0.253. The normalized spacial score (nSPS) is 22.9. The Kier molecular flexibility index (Phi) is 4.41. The maximum atomic E-state index is 12.5. The topological polar surface area (TPSA) is 29.1 Å². The molecule has 2 rings (SSSR count). The zero-order chi connectivity index (χ0) is 13.9. The van der Waals surface area contributed by atoms with E-state index in [1.807, 2.05) is 0 Å². The van der Waals surface area contributed by atoms with Gasteiger partial charge in [-0.25, -0.2) is 0 Å². The summed E-state index contributed by atoms with van der Waals surface area (Å²) in [6.45, 7) is 7.47. The molecular formula is C17H25NO. The largest absolute Gasteiger partial charge is 0.305 e. The summed E-state index contributed by atoms with van der Waals surface area (Å²) < 4.78 is 0. The fraction of sp³-hybridized carbons (Fsp3) is 0.588. The highest BCUT2D eigenvalue weighted by Gasteiger charge is 2.38. The first-order valence-electron chi connectivity index (χ1n) is 7.44. The van der Waals surface area contributed by atoms with Crippen LogP contribution in [0.3, 0.4) is 0 Å². The van der Waals surface area contributed by atoms with Crippen molar-refractivity contribution in [3.8, 4) is 0 Å². The van der Waals surface area contributed by atoms with Crippen molar-refractivity contribution in [1.29, 1.82) is 0 Å². The average molecular weight is 259 g/mol. The molecule has 0 spiro atoms. The van der Waals surface area contributed by atoms with Gasteiger partial charge in [-0.1, -0.05) is 45.0 Å². The van der Waals surface area contributed by atoms with Crippen LogP contribution >= 0.6 is 0 Å². The van der Waals surface area contributed by atoms with E-state index < -0.39 is 0 Å². The van der Waals surface area contributed by atoms with E-state index in [9.17, 15) is 4.79 Å². The second-order valence-electron chi connectivity index (χ2n) is 5.96. The molecule has 2 nitrogen and oxygen atoms in total. The molecule has 1 aromatic carbocycles. The van der Waals surface area contributed by atoms with Gasteiger partial charge in [0.25, 0.3) is 0 Å². The lowest BCUT2D eigenvalue weighted by molar-refractivity contribution is -0.124. The first kappa shape index (κ1) is 14.3. The summed E-state index contributed by atoms with van der Waals surface area (Å²) in [6, 6.07) is 8.50. The first-order valence-corrected chi connectivity index (χ1v) is 7.44. The lowest BCUT2D eigenvalue weighted by Gasteiger charge is -2.26. The fourth-order valence-corrected chi connectivity index (χ4v) is 2.92. The predicted octanol–water partition coefficient (Wildman–Crippen LogP) is 3.45. The van der Waals surface area contributed by atoms with Gasteiger partial charge in [-0.15, -0.1) is 0 Å². The Balaban J connectivity index is 2.06. The number of nitrogens with one attached hydrogen (secondary N) is 1. The second kappa shape index (κ2) is 5.87. The van der Waals surface area contributed by atoms with Gasteiger partial charge in [0.1, 0.15) is 0 Å². The monoisotopic (exact) mass is 259 g/mol. The van der Waals surface area contributed by atoms with Gasteiger partial charge >= 0.3 is 0 Å². The Morgan fingerprint density at radius 2 is 2.00 bits per heavy atom.